The summed E-state index contributed by atoms with van der Waals surface area (Å²) in [6.45, 7) is 1.87. The quantitative estimate of drug-likeness (QED) is 0.710. The van der Waals surface area contributed by atoms with Gasteiger partial charge in [-0.3, -0.25) is 4.79 Å². The van der Waals surface area contributed by atoms with Crippen molar-refractivity contribution in [3.63, 3.8) is 0 Å². The molecule has 0 amide bonds. The van der Waals surface area contributed by atoms with Crippen molar-refractivity contribution in [3.8, 4) is 11.4 Å². The van der Waals surface area contributed by atoms with Gasteiger partial charge < -0.3 is 4.74 Å². The lowest BCUT2D eigenvalue weighted by Gasteiger charge is -2.23. The van der Waals surface area contributed by atoms with Gasteiger partial charge in [-0.15, -0.1) is 0 Å². The Kier molecular flexibility index (Phi) is 4.07. The Bertz CT molecular complexity index is 959. The molecule has 4 nitrogen and oxygen atoms in total. The third-order valence-electron chi connectivity index (χ3n) is 4.96. The molecule has 1 aliphatic carbocycles. The van der Waals surface area contributed by atoms with Crippen molar-refractivity contribution in [1.82, 2.24) is 9.78 Å². The second-order valence-electron chi connectivity index (χ2n) is 6.60. The maximum Gasteiger partial charge on any atom is 0.167 e. The molecule has 26 heavy (non-hydrogen) atoms. The number of hydrogen-bond acceptors (Lipinski definition) is 3. The first-order chi connectivity index (χ1) is 12.6. The number of aromatic nitrogens is 2. The van der Waals surface area contributed by atoms with E-state index in [0.717, 1.165) is 34.0 Å². The van der Waals surface area contributed by atoms with Crippen LogP contribution < -0.4 is 4.74 Å². The Morgan fingerprint density at radius 2 is 1.77 bits per heavy atom. The molecule has 0 N–H and O–H groups in total. The van der Waals surface area contributed by atoms with Gasteiger partial charge in [0.1, 0.15) is 11.6 Å². The molecule has 0 bridgehead atoms. The van der Waals surface area contributed by atoms with Crippen LogP contribution >= 0.6 is 0 Å². The maximum atomic E-state index is 13.2. The smallest absolute Gasteiger partial charge is 0.167 e. The molecule has 1 aromatic heterocycles. The Hall–Kier alpha value is -2.95. The van der Waals surface area contributed by atoms with Crippen LogP contribution in [0.4, 0.5) is 4.39 Å². The molecule has 0 spiro atoms. The van der Waals surface area contributed by atoms with Gasteiger partial charge in [0.2, 0.25) is 0 Å². The minimum absolute atomic E-state index is 0.0312. The number of ether oxygens (including phenoxy) is 1. The molecule has 4 rings (SSSR count). The zero-order chi connectivity index (χ0) is 18.3. The van der Waals surface area contributed by atoms with E-state index in [1.807, 2.05) is 35.9 Å². The molecule has 0 saturated heterocycles. The fourth-order valence-corrected chi connectivity index (χ4v) is 3.67. The minimum atomic E-state index is -0.268. The van der Waals surface area contributed by atoms with E-state index in [1.165, 1.54) is 12.1 Å². The number of fused-ring (bicyclic) bond motifs is 1. The summed E-state index contributed by atoms with van der Waals surface area (Å²) in [6.07, 6.45) is 1.12. The van der Waals surface area contributed by atoms with Gasteiger partial charge in [0.25, 0.3) is 0 Å². The summed E-state index contributed by atoms with van der Waals surface area (Å²) in [5, 5.41) is 4.61. The zero-order valence-electron chi connectivity index (χ0n) is 14.7. The number of methoxy groups -OCH3 is 1. The minimum Gasteiger partial charge on any atom is -0.497 e. The molecular weight excluding hydrogens is 331 g/mol. The van der Waals surface area contributed by atoms with Crippen LogP contribution in [0.25, 0.3) is 5.69 Å². The number of nitrogens with zero attached hydrogens (tertiary/aromatic N) is 2. The molecular formula is C21H19FN2O2. The second kappa shape index (κ2) is 6.41. The second-order valence-corrected chi connectivity index (χ2v) is 6.60. The third-order valence-corrected chi connectivity index (χ3v) is 4.96. The largest absolute Gasteiger partial charge is 0.497 e. The van der Waals surface area contributed by atoms with Crippen LogP contribution in [0.15, 0.2) is 48.5 Å². The first-order valence-electron chi connectivity index (χ1n) is 8.58. The van der Waals surface area contributed by atoms with Gasteiger partial charge in [0, 0.05) is 6.42 Å². The lowest BCUT2D eigenvalue weighted by molar-refractivity contribution is 0.0963. The van der Waals surface area contributed by atoms with Crippen LogP contribution in [0.5, 0.6) is 5.75 Å². The first-order valence-corrected chi connectivity index (χ1v) is 8.58. The predicted molar refractivity (Wildman–Crippen MR) is 96.6 cm³/mol. The molecule has 0 radical (unpaired) electrons. The molecule has 0 aliphatic heterocycles. The van der Waals surface area contributed by atoms with Gasteiger partial charge in [-0.05, 0) is 61.2 Å². The zero-order valence-corrected chi connectivity index (χ0v) is 14.7. The van der Waals surface area contributed by atoms with Gasteiger partial charge >= 0.3 is 0 Å². The van der Waals surface area contributed by atoms with E-state index < -0.39 is 0 Å². The molecule has 0 saturated carbocycles. The Balaban J connectivity index is 1.75. The maximum absolute atomic E-state index is 13.2. The van der Waals surface area contributed by atoms with Crippen molar-refractivity contribution in [2.75, 3.05) is 7.11 Å². The Morgan fingerprint density at radius 3 is 2.42 bits per heavy atom. The molecule has 2 aromatic carbocycles. The summed E-state index contributed by atoms with van der Waals surface area (Å²) in [5.41, 5.74) is 4.25. The van der Waals surface area contributed by atoms with Crippen molar-refractivity contribution in [2.24, 2.45) is 0 Å². The highest BCUT2D eigenvalue weighted by atomic mass is 19.1. The number of carbonyl (C=O) groups is 1. The molecule has 0 fully saturated rings. The molecule has 1 aliphatic rings. The van der Waals surface area contributed by atoms with Crippen molar-refractivity contribution in [3.05, 3.63) is 76.9 Å². The Labute approximate surface area is 151 Å². The standard InChI is InChI=1S/C21H19FN2O2/c1-13-21-19(24(23-13)17-7-9-18(26-2)10-8-17)11-15(12-20(21)25)14-3-5-16(22)6-4-14/h3-10,15H,11-12H2,1-2H3/t15-/m1/s1. The fourth-order valence-electron chi connectivity index (χ4n) is 3.67. The van der Waals surface area contributed by atoms with Crippen molar-refractivity contribution < 1.29 is 13.9 Å². The number of carbonyl (C=O) groups excluding carboxylic acids is 1. The van der Waals surface area contributed by atoms with Crippen molar-refractivity contribution in [1.29, 1.82) is 0 Å². The van der Waals surface area contributed by atoms with E-state index in [0.29, 0.717) is 12.8 Å². The highest BCUT2D eigenvalue weighted by molar-refractivity contribution is 6.00. The van der Waals surface area contributed by atoms with E-state index in [2.05, 4.69) is 5.10 Å². The predicted octanol–water partition coefficient (Wildman–Crippen LogP) is 4.24. The van der Waals surface area contributed by atoms with Crippen LogP contribution in [0.1, 0.15) is 39.6 Å². The summed E-state index contributed by atoms with van der Waals surface area (Å²) >= 11 is 0. The number of halogens is 1. The summed E-state index contributed by atoms with van der Waals surface area (Å²) in [4.78, 5) is 12.8. The topological polar surface area (TPSA) is 44.1 Å². The summed E-state index contributed by atoms with van der Waals surface area (Å²) in [7, 11) is 1.63. The molecule has 5 heteroatoms. The van der Waals surface area contributed by atoms with E-state index in [-0.39, 0.29) is 17.5 Å². The monoisotopic (exact) mass is 350 g/mol. The molecule has 1 heterocycles. The van der Waals surface area contributed by atoms with Crippen LogP contribution in [0, 0.1) is 12.7 Å². The van der Waals surface area contributed by atoms with Crippen molar-refractivity contribution in [2.45, 2.75) is 25.7 Å². The first kappa shape index (κ1) is 16.5. The molecule has 3 aromatic rings. The van der Waals surface area contributed by atoms with Gasteiger partial charge in [-0.2, -0.15) is 5.10 Å². The lowest BCUT2D eigenvalue weighted by Crippen LogP contribution is -2.20. The third kappa shape index (κ3) is 2.79. The fraction of sp³-hybridized carbons (Fsp3) is 0.238. The van der Waals surface area contributed by atoms with Crippen LogP contribution in [0.3, 0.4) is 0 Å². The van der Waals surface area contributed by atoms with E-state index in [9.17, 15) is 9.18 Å². The van der Waals surface area contributed by atoms with Gasteiger partial charge in [0.05, 0.1) is 29.7 Å². The molecule has 132 valence electrons. The van der Waals surface area contributed by atoms with Crippen molar-refractivity contribution >= 4 is 5.78 Å². The normalized spacial score (nSPS) is 16.4. The van der Waals surface area contributed by atoms with E-state index >= 15 is 0 Å². The highest BCUT2D eigenvalue weighted by Crippen LogP contribution is 2.35. The molecule has 1 atom stereocenters. The van der Waals surface area contributed by atoms with Gasteiger partial charge in [-0.1, -0.05) is 12.1 Å². The lowest BCUT2D eigenvalue weighted by atomic mass is 9.81. The highest BCUT2D eigenvalue weighted by Gasteiger charge is 2.32. The van der Waals surface area contributed by atoms with Gasteiger partial charge in [0.15, 0.2) is 5.78 Å². The number of Topliss-reactive ketones (excluding diaryl/α,β-unsaturated/α-hetero) is 1. The summed E-state index contributed by atoms with van der Waals surface area (Å²) < 4.78 is 20.3. The van der Waals surface area contributed by atoms with Crippen LogP contribution in [0.2, 0.25) is 0 Å². The van der Waals surface area contributed by atoms with E-state index in [1.54, 1.807) is 19.2 Å². The number of hydrogen-bond donors (Lipinski definition) is 0. The number of rotatable bonds is 3. The van der Waals surface area contributed by atoms with Gasteiger partial charge in [-0.25, -0.2) is 9.07 Å². The molecule has 0 unspecified atom stereocenters. The summed E-state index contributed by atoms with van der Waals surface area (Å²) in [5.74, 6) is 0.629. The summed E-state index contributed by atoms with van der Waals surface area (Å²) in [6, 6.07) is 14.0. The number of benzene rings is 2. The van der Waals surface area contributed by atoms with Crippen LogP contribution in [-0.4, -0.2) is 22.7 Å². The Morgan fingerprint density at radius 1 is 1.08 bits per heavy atom. The number of ketones is 1. The SMILES string of the molecule is COc1ccc(-n2nc(C)c3c2C[C@@H](c2ccc(F)cc2)CC3=O)cc1. The number of aryl methyl sites for hydroxylation is 1. The van der Waals surface area contributed by atoms with Crippen LogP contribution in [-0.2, 0) is 6.42 Å². The van der Waals surface area contributed by atoms with E-state index in [4.69, 9.17) is 4.74 Å². The average Bonchev–Trinajstić information content (AvgIpc) is 2.99. The average molecular weight is 350 g/mol.